The highest BCUT2D eigenvalue weighted by Gasteiger charge is 2.13. The van der Waals surface area contributed by atoms with Crippen LogP contribution in [0.2, 0.25) is 0 Å². The van der Waals surface area contributed by atoms with E-state index in [0.717, 1.165) is 10.0 Å². The summed E-state index contributed by atoms with van der Waals surface area (Å²) < 4.78 is 26.7. The lowest BCUT2D eigenvalue weighted by molar-refractivity contribution is 0.585. The Morgan fingerprint density at radius 2 is 2.20 bits per heavy atom. The molecule has 1 rings (SSSR count). The molecule has 0 aliphatic rings. The summed E-state index contributed by atoms with van der Waals surface area (Å²) >= 11 is 3.32. The van der Waals surface area contributed by atoms with E-state index >= 15 is 0 Å². The molecule has 3 nitrogen and oxygen atoms in total. The summed E-state index contributed by atoms with van der Waals surface area (Å²) in [5.74, 6) is 0. The van der Waals surface area contributed by atoms with Crippen LogP contribution in [0.15, 0.2) is 40.2 Å². The first-order valence-electron chi connectivity index (χ1n) is 4.34. The summed E-state index contributed by atoms with van der Waals surface area (Å²) in [7, 11) is -3.40. The number of aryl methyl sites for hydroxylation is 1. The predicted molar refractivity (Wildman–Crippen MR) is 64.3 cm³/mol. The third-order valence-electron chi connectivity index (χ3n) is 1.86. The van der Waals surface area contributed by atoms with Crippen molar-refractivity contribution in [2.24, 2.45) is 0 Å². The van der Waals surface area contributed by atoms with E-state index in [9.17, 15) is 8.42 Å². The molecule has 0 atom stereocenters. The summed E-state index contributed by atoms with van der Waals surface area (Å²) in [5.41, 5.74) is 0.886. The lowest BCUT2D eigenvalue weighted by atomic mass is 10.2. The molecule has 1 N–H and O–H groups in total. The second kappa shape index (κ2) is 4.92. The van der Waals surface area contributed by atoms with Crippen LogP contribution >= 0.6 is 15.9 Å². The maximum absolute atomic E-state index is 11.7. The summed E-state index contributed by atoms with van der Waals surface area (Å²) in [6.07, 6.45) is 1.50. The van der Waals surface area contributed by atoms with Crippen LogP contribution in [-0.4, -0.2) is 15.0 Å². The average molecular weight is 290 g/mol. The summed E-state index contributed by atoms with van der Waals surface area (Å²) in [5, 5.41) is 0. The second-order valence-electron chi connectivity index (χ2n) is 3.05. The number of hydrogen-bond acceptors (Lipinski definition) is 2. The van der Waals surface area contributed by atoms with E-state index in [1.54, 1.807) is 18.2 Å². The monoisotopic (exact) mass is 289 g/mol. The van der Waals surface area contributed by atoms with Gasteiger partial charge >= 0.3 is 0 Å². The first-order valence-corrected chi connectivity index (χ1v) is 6.61. The van der Waals surface area contributed by atoms with Crippen LogP contribution in [0.5, 0.6) is 0 Å². The fraction of sp³-hybridized carbons (Fsp3) is 0.200. The smallest absolute Gasteiger partial charge is 0.207 e. The number of hydrogen-bond donors (Lipinski definition) is 1. The predicted octanol–water partition coefficient (Wildman–Crippen LogP) is 2.22. The molecule has 0 spiro atoms. The van der Waals surface area contributed by atoms with E-state index in [1.807, 2.05) is 6.92 Å². The van der Waals surface area contributed by atoms with Gasteiger partial charge in [-0.1, -0.05) is 22.0 Å². The quantitative estimate of drug-likeness (QED) is 0.864. The molecule has 82 valence electrons. The molecule has 0 bridgehead atoms. The first-order chi connectivity index (χ1) is 6.97. The first kappa shape index (κ1) is 12.4. The largest absolute Gasteiger partial charge is 0.240 e. The van der Waals surface area contributed by atoms with Crippen LogP contribution in [0, 0.1) is 6.92 Å². The Hall–Kier alpha value is -0.650. The molecule has 1 aromatic carbocycles. The zero-order chi connectivity index (χ0) is 11.5. The molecule has 15 heavy (non-hydrogen) atoms. The third kappa shape index (κ3) is 3.15. The molecule has 0 radical (unpaired) electrons. The fourth-order valence-electron chi connectivity index (χ4n) is 1.04. The van der Waals surface area contributed by atoms with Gasteiger partial charge in [0.1, 0.15) is 0 Å². The van der Waals surface area contributed by atoms with Crippen LogP contribution in [0.25, 0.3) is 0 Å². The number of benzene rings is 1. The van der Waals surface area contributed by atoms with Crippen LogP contribution < -0.4 is 4.72 Å². The molecule has 0 saturated carbocycles. The van der Waals surface area contributed by atoms with Gasteiger partial charge in [0.25, 0.3) is 0 Å². The van der Waals surface area contributed by atoms with Crippen molar-refractivity contribution >= 4 is 26.0 Å². The minimum absolute atomic E-state index is 0.234. The van der Waals surface area contributed by atoms with Gasteiger partial charge in [0, 0.05) is 11.0 Å². The van der Waals surface area contributed by atoms with Crippen LogP contribution in [0.1, 0.15) is 5.56 Å². The molecule has 0 amide bonds. The highest BCUT2D eigenvalue weighted by atomic mass is 79.9. The van der Waals surface area contributed by atoms with Crippen molar-refractivity contribution in [1.29, 1.82) is 0 Å². The zero-order valence-electron chi connectivity index (χ0n) is 8.33. The van der Waals surface area contributed by atoms with Crippen molar-refractivity contribution < 1.29 is 8.42 Å². The van der Waals surface area contributed by atoms with E-state index < -0.39 is 10.0 Å². The summed E-state index contributed by atoms with van der Waals surface area (Å²) in [6, 6.07) is 4.90. The minimum Gasteiger partial charge on any atom is -0.207 e. The lowest BCUT2D eigenvalue weighted by Gasteiger charge is -2.06. The molecule has 5 heteroatoms. The van der Waals surface area contributed by atoms with Crippen molar-refractivity contribution in [1.82, 2.24) is 4.72 Å². The molecule has 1 aromatic rings. The van der Waals surface area contributed by atoms with E-state index in [-0.39, 0.29) is 11.4 Å². The summed E-state index contributed by atoms with van der Waals surface area (Å²) in [6.45, 7) is 5.53. The number of halogens is 1. The highest BCUT2D eigenvalue weighted by Crippen LogP contribution is 2.19. The van der Waals surface area contributed by atoms with Gasteiger partial charge in [-0.25, -0.2) is 13.1 Å². The lowest BCUT2D eigenvalue weighted by Crippen LogP contribution is -2.23. The Bertz CT molecular complexity index is 468. The SMILES string of the molecule is C=CCNS(=O)(=O)c1ccc(Br)c(C)c1. The van der Waals surface area contributed by atoms with Crippen LogP contribution in [0.3, 0.4) is 0 Å². The third-order valence-corrected chi connectivity index (χ3v) is 4.17. The van der Waals surface area contributed by atoms with Gasteiger partial charge in [-0.05, 0) is 30.7 Å². The number of sulfonamides is 1. The molecule has 0 unspecified atom stereocenters. The van der Waals surface area contributed by atoms with Gasteiger partial charge < -0.3 is 0 Å². The Kier molecular flexibility index (Phi) is 4.07. The molecule has 0 saturated heterocycles. The van der Waals surface area contributed by atoms with E-state index in [0.29, 0.717) is 0 Å². The molecule has 0 heterocycles. The van der Waals surface area contributed by atoms with Crippen molar-refractivity contribution in [3.63, 3.8) is 0 Å². The molecular weight excluding hydrogens is 278 g/mol. The standard InChI is InChI=1S/C10H12BrNO2S/c1-3-6-12-15(13,14)9-4-5-10(11)8(2)7-9/h3-5,7,12H,1,6H2,2H3. The van der Waals surface area contributed by atoms with Gasteiger partial charge in [0.05, 0.1) is 4.90 Å². The van der Waals surface area contributed by atoms with Crippen molar-refractivity contribution in [2.75, 3.05) is 6.54 Å². The van der Waals surface area contributed by atoms with Gasteiger partial charge in [-0.2, -0.15) is 0 Å². The minimum atomic E-state index is -3.40. The molecule has 0 aliphatic carbocycles. The molecule has 0 fully saturated rings. The van der Waals surface area contributed by atoms with Crippen molar-refractivity contribution in [3.05, 3.63) is 40.9 Å². The maximum Gasteiger partial charge on any atom is 0.240 e. The van der Waals surface area contributed by atoms with Crippen LogP contribution in [-0.2, 0) is 10.0 Å². The normalized spacial score (nSPS) is 11.3. The van der Waals surface area contributed by atoms with Crippen molar-refractivity contribution in [3.8, 4) is 0 Å². The Labute approximate surface area is 98.4 Å². The second-order valence-corrected chi connectivity index (χ2v) is 5.67. The Balaban J connectivity index is 3.05. The van der Waals surface area contributed by atoms with Gasteiger partial charge in [0.2, 0.25) is 10.0 Å². The van der Waals surface area contributed by atoms with E-state index in [4.69, 9.17) is 0 Å². The van der Waals surface area contributed by atoms with Gasteiger partial charge in [0.15, 0.2) is 0 Å². The topological polar surface area (TPSA) is 46.2 Å². The number of rotatable bonds is 4. The van der Waals surface area contributed by atoms with Gasteiger partial charge in [-0.15, -0.1) is 6.58 Å². The van der Waals surface area contributed by atoms with E-state index in [2.05, 4.69) is 27.2 Å². The maximum atomic E-state index is 11.7. The highest BCUT2D eigenvalue weighted by molar-refractivity contribution is 9.10. The Morgan fingerprint density at radius 3 is 2.73 bits per heavy atom. The fourth-order valence-corrected chi connectivity index (χ4v) is 2.37. The molecular formula is C10H12BrNO2S. The Morgan fingerprint density at radius 1 is 1.53 bits per heavy atom. The summed E-state index contributed by atoms with van der Waals surface area (Å²) in [4.78, 5) is 0.269. The molecule has 0 aromatic heterocycles. The average Bonchev–Trinajstić information content (AvgIpc) is 2.19. The van der Waals surface area contributed by atoms with Gasteiger partial charge in [-0.3, -0.25) is 0 Å². The zero-order valence-corrected chi connectivity index (χ0v) is 10.7. The van der Waals surface area contributed by atoms with Crippen LogP contribution in [0.4, 0.5) is 0 Å². The van der Waals surface area contributed by atoms with E-state index in [1.165, 1.54) is 6.08 Å². The molecule has 0 aliphatic heterocycles. The van der Waals surface area contributed by atoms with Crippen molar-refractivity contribution in [2.45, 2.75) is 11.8 Å². The number of nitrogens with one attached hydrogen (secondary N) is 1.